The van der Waals surface area contributed by atoms with Crippen molar-refractivity contribution in [2.24, 2.45) is 0 Å². The maximum absolute atomic E-state index is 13.8. The Balaban J connectivity index is 2.02. The number of carbonyl (C=O) groups is 2. The van der Waals surface area contributed by atoms with E-state index in [4.69, 9.17) is 11.6 Å². The minimum Gasteiger partial charge on any atom is -0.352 e. The minimum atomic E-state index is -4.15. The van der Waals surface area contributed by atoms with Crippen LogP contribution in [0.25, 0.3) is 0 Å². The summed E-state index contributed by atoms with van der Waals surface area (Å²) in [6.45, 7) is 4.85. The van der Waals surface area contributed by atoms with Crippen LogP contribution in [0.4, 0.5) is 5.69 Å². The van der Waals surface area contributed by atoms with Gasteiger partial charge >= 0.3 is 0 Å². The first-order valence-electron chi connectivity index (χ1n) is 11.7. The molecule has 3 aromatic carbocycles. The van der Waals surface area contributed by atoms with Crippen molar-refractivity contribution in [3.63, 3.8) is 0 Å². The van der Waals surface area contributed by atoms with Crippen LogP contribution in [0.15, 0.2) is 88.2 Å². The Morgan fingerprint density at radius 3 is 2.11 bits per heavy atom. The van der Waals surface area contributed by atoms with E-state index >= 15 is 0 Å². The summed E-state index contributed by atoms with van der Waals surface area (Å²) in [5.74, 6) is -0.885. The molecule has 37 heavy (non-hydrogen) atoms. The lowest BCUT2D eigenvalue weighted by Crippen LogP contribution is -2.52. The second kappa shape index (κ2) is 12.6. The van der Waals surface area contributed by atoms with Crippen LogP contribution >= 0.6 is 27.5 Å². The second-order valence-corrected chi connectivity index (χ2v) is 11.9. The van der Waals surface area contributed by atoms with Gasteiger partial charge in [0.05, 0.1) is 15.6 Å². The molecule has 2 amide bonds. The highest BCUT2D eigenvalue weighted by Crippen LogP contribution is 2.30. The summed E-state index contributed by atoms with van der Waals surface area (Å²) < 4.78 is 29.3. The molecule has 0 unspecified atom stereocenters. The summed E-state index contributed by atoms with van der Waals surface area (Å²) in [5, 5.41) is 3.01. The molecule has 3 aromatic rings. The molecule has 0 aliphatic rings. The van der Waals surface area contributed by atoms with Crippen molar-refractivity contribution in [3.8, 4) is 0 Å². The van der Waals surface area contributed by atoms with Gasteiger partial charge in [0.1, 0.15) is 12.6 Å². The Labute approximate surface area is 231 Å². The van der Waals surface area contributed by atoms with E-state index in [1.165, 1.54) is 17.0 Å². The number of benzene rings is 3. The van der Waals surface area contributed by atoms with Crippen molar-refractivity contribution < 1.29 is 18.0 Å². The number of sulfonamides is 1. The van der Waals surface area contributed by atoms with Crippen molar-refractivity contribution >= 4 is 55.1 Å². The number of nitrogens with zero attached hydrogens (tertiary/aromatic N) is 2. The van der Waals surface area contributed by atoms with Crippen molar-refractivity contribution in [3.05, 3.63) is 93.9 Å². The van der Waals surface area contributed by atoms with E-state index in [0.717, 1.165) is 14.3 Å². The van der Waals surface area contributed by atoms with Gasteiger partial charge < -0.3 is 10.2 Å². The molecule has 0 saturated heterocycles. The summed E-state index contributed by atoms with van der Waals surface area (Å²) in [6, 6.07) is 20.7. The summed E-state index contributed by atoms with van der Waals surface area (Å²) >= 11 is 9.79. The number of rotatable bonds is 10. The monoisotopic (exact) mass is 605 g/mol. The molecule has 0 radical (unpaired) electrons. The number of nitrogens with one attached hydrogen (secondary N) is 1. The summed E-state index contributed by atoms with van der Waals surface area (Å²) in [5.41, 5.74) is 0.959. The zero-order valence-corrected chi connectivity index (χ0v) is 23.9. The van der Waals surface area contributed by atoms with Crippen LogP contribution in [0.2, 0.25) is 5.02 Å². The van der Waals surface area contributed by atoms with Gasteiger partial charge in [-0.2, -0.15) is 0 Å². The highest BCUT2D eigenvalue weighted by molar-refractivity contribution is 9.10. The van der Waals surface area contributed by atoms with Gasteiger partial charge in [-0.25, -0.2) is 8.42 Å². The van der Waals surface area contributed by atoms with Crippen molar-refractivity contribution in [2.45, 2.75) is 44.3 Å². The normalized spacial score (nSPS) is 12.2. The fraction of sp³-hybridized carbons (Fsp3) is 0.259. The number of halogens is 2. The Morgan fingerprint density at radius 2 is 1.51 bits per heavy atom. The summed E-state index contributed by atoms with van der Waals surface area (Å²) in [6.07, 6.45) is 0. The predicted octanol–water partition coefficient (Wildman–Crippen LogP) is 5.24. The molecule has 0 heterocycles. The molecule has 0 bridgehead atoms. The molecular formula is C27H29BrClN3O4S. The molecule has 0 aliphatic carbocycles. The molecule has 7 nitrogen and oxygen atoms in total. The third-order valence-electron chi connectivity index (χ3n) is 5.60. The first-order chi connectivity index (χ1) is 17.5. The van der Waals surface area contributed by atoms with Gasteiger partial charge in [0.15, 0.2) is 0 Å². The largest absolute Gasteiger partial charge is 0.352 e. The van der Waals surface area contributed by atoms with Crippen molar-refractivity contribution in [2.75, 3.05) is 10.8 Å². The quantitative estimate of drug-likeness (QED) is 0.342. The molecule has 3 rings (SSSR count). The van der Waals surface area contributed by atoms with E-state index < -0.39 is 28.5 Å². The average molecular weight is 607 g/mol. The molecule has 10 heteroatoms. The highest BCUT2D eigenvalue weighted by Gasteiger charge is 2.33. The molecule has 1 N–H and O–H groups in total. The van der Waals surface area contributed by atoms with Crippen LogP contribution in [0.3, 0.4) is 0 Å². The Hall–Kier alpha value is -2.88. The average Bonchev–Trinajstić information content (AvgIpc) is 2.87. The Kier molecular flexibility index (Phi) is 9.75. The molecular weight excluding hydrogens is 578 g/mol. The number of amides is 2. The van der Waals surface area contributed by atoms with Gasteiger partial charge in [0.25, 0.3) is 10.0 Å². The molecule has 0 saturated carbocycles. The highest BCUT2D eigenvalue weighted by atomic mass is 79.9. The van der Waals surface area contributed by atoms with Crippen LogP contribution in [-0.2, 0) is 26.2 Å². The predicted molar refractivity (Wildman–Crippen MR) is 150 cm³/mol. The van der Waals surface area contributed by atoms with E-state index in [1.54, 1.807) is 49.4 Å². The van der Waals surface area contributed by atoms with Crippen LogP contribution in [0, 0.1) is 0 Å². The standard InChI is InChI=1S/C27H29BrClN3O4S/c1-19(2)30-27(34)20(3)31(17-21-13-15-22(28)16-14-21)26(33)18-32(25-12-8-7-11-24(25)29)37(35,36)23-9-5-4-6-10-23/h4-16,19-20H,17-18H2,1-3H3,(H,30,34)/t20-/m0/s1. The van der Waals surface area contributed by atoms with Gasteiger partial charge in [-0.1, -0.05) is 70.0 Å². The maximum atomic E-state index is 13.8. The third-order valence-corrected chi connectivity index (χ3v) is 8.22. The molecule has 0 fully saturated rings. The van der Waals surface area contributed by atoms with E-state index in [1.807, 2.05) is 38.1 Å². The van der Waals surface area contributed by atoms with Crippen molar-refractivity contribution in [1.29, 1.82) is 0 Å². The lowest BCUT2D eigenvalue weighted by atomic mass is 10.1. The van der Waals surface area contributed by atoms with Crippen LogP contribution in [0.1, 0.15) is 26.3 Å². The van der Waals surface area contributed by atoms with Crippen LogP contribution in [0.5, 0.6) is 0 Å². The SMILES string of the molecule is CC(C)NC(=O)[C@H](C)N(Cc1ccc(Br)cc1)C(=O)CN(c1ccccc1Cl)S(=O)(=O)c1ccccc1. The van der Waals surface area contributed by atoms with Gasteiger partial charge in [0.2, 0.25) is 11.8 Å². The zero-order chi connectivity index (χ0) is 27.2. The number of anilines is 1. The number of hydrogen-bond donors (Lipinski definition) is 1. The number of para-hydroxylation sites is 1. The first kappa shape index (κ1) is 28.7. The molecule has 0 aromatic heterocycles. The summed E-state index contributed by atoms with van der Waals surface area (Å²) in [7, 11) is -4.15. The molecule has 0 aliphatic heterocycles. The van der Waals surface area contributed by atoms with E-state index in [0.29, 0.717) is 0 Å². The molecule has 1 atom stereocenters. The minimum absolute atomic E-state index is 0.0211. The topological polar surface area (TPSA) is 86.8 Å². The zero-order valence-electron chi connectivity index (χ0n) is 20.8. The van der Waals surface area contributed by atoms with Gasteiger partial charge in [-0.05, 0) is 62.7 Å². The van der Waals surface area contributed by atoms with Crippen molar-refractivity contribution in [1.82, 2.24) is 10.2 Å². The lowest BCUT2D eigenvalue weighted by Gasteiger charge is -2.32. The molecule has 196 valence electrons. The van der Waals surface area contributed by atoms with Gasteiger partial charge in [-0.3, -0.25) is 13.9 Å². The maximum Gasteiger partial charge on any atom is 0.264 e. The number of hydrogen-bond acceptors (Lipinski definition) is 4. The first-order valence-corrected chi connectivity index (χ1v) is 14.3. The number of carbonyl (C=O) groups excluding carboxylic acids is 2. The smallest absolute Gasteiger partial charge is 0.264 e. The summed E-state index contributed by atoms with van der Waals surface area (Å²) in [4.78, 5) is 28.1. The van der Waals surface area contributed by atoms with Crippen LogP contribution in [-0.4, -0.2) is 43.8 Å². The van der Waals surface area contributed by atoms with E-state index in [-0.39, 0.29) is 34.1 Å². The lowest BCUT2D eigenvalue weighted by molar-refractivity contribution is -0.139. The fourth-order valence-corrected chi connectivity index (χ4v) is 5.67. The van der Waals surface area contributed by atoms with Gasteiger partial charge in [0, 0.05) is 17.1 Å². The Bertz CT molecular complexity index is 1340. The second-order valence-electron chi connectivity index (χ2n) is 8.76. The fourth-order valence-electron chi connectivity index (χ4n) is 3.66. The van der Waals surface area contributed by atoms with E-state index in [2.05, 4.69) is 21.2 Å². The van der Waals surface area contributed by atoms with E-state index in [9.17, 15) is 18.0 Å². The third kappa shape index (κ3) is 7.34. The van der Waals surface area contributed by atoms with Gasteiger partial charge in [-0.15, -0.1) is 0 Å². The molecule has 0 spiro atoms. The van der Waals surface area contributed by atoms with Crippen LogP contribution < -0.4 is 9.62 Å². The Morgan fingerprint density at radius 1 is 0.919 bits per heavy atom.